The third kappa shape index (κ3) is 1.42. The van der Waals surface area contributed by atoms with Crippen LogP contribution in [0.3, 0.4) is 0 Å². The van der Waals surface area contributed by atoms with Crippen molar-refractivity contribution in [2.24, 2.45) is 5.18 Å². The molecule has 1 rings (SSSR count). The van der Waals surface area contributed by atoms with Crippen LogP contribution in [-0.4, -0.2) is 12.7 Å². The Kier molecular flexibility index (Phi) is 1.67. The zero-order chi connectivity index (χ0) is 6.69. The zero-order valence-electron chi connectivity index (χ0n) is 5.22. The number of hydrogen-bond acceptors (Lipinski definition) is 4. The number of rotatable bonds is 1. The summed E-state index contributed by atoms with van der Waals surface area (Å²) in [7, 11) is 0. The highest BCUT2D eigenvalue weighted by Gasteiger charge is 2.09. The van der Waals surface area contributed by atoms with Crippen molar-refractivity contribution < 1.29 is 0 Å². The number of allylic oxidation sites excluding steroid dienone is 1. The molecule has 1 unspecified atom stereocenters. The van der Waals surface area contributed by atoms with Gasteiger partial charge in [0.1, 0.15) is 0 Å². The number of nitrogens with one attached hydrogen (secondary N) is 2. The van der Waals surface area contributed by atoms with Gasteiger partial charge in [0.25, 0.3) is 0 Å². The maximum absolute atomic E-state index is 9.93. The Labute approximate surface area is 53.3 Å². The summed E-state index contributed by atoms with van der Waals surface area (Å²) >= 11 is 0. The van der Waals surface area contributed by atoms with Crippen LogP contribution in [0.5, 0.6) is 0 Å². The molecule has 4 nitrogen and oxygen atoms in total. The molecule has 0 saturated carbocycles. The van der Waals surface area contributed by atoms with Gasteiger partial charge in [-0.2, -0.15) is 0 Å². The predicted molar refractivity (Wildman–Crippen MR) is 34.5 cm³/mol. The number of hydrogen-bond donors (Lipinski definition) is 2. The van der Waals surface area contributed by atoms with E-state index in [-0.39, 0.29) is 6.17 Å². The molecule has 0 aromatic carbocycles. The Morgan fingerprint density at radius 2 is 2.67 bits per heavy atom. The molecule has 50 valence electrons. The first-order valence-corrected chi connectivity index (χ1v) is 2.82. The van der Waals surface area contributed by atoms with Gasteiger partial charge in [-0.3, -0.25) is 0 Å². The van der Waals surface area contributed by atoms with E-state index in [0.29, 0.717) is 6.54 Å². The van der Waals surface area contributed by atoms with E-state index >= 15 is 0 Å². The van der Waals surface area contributed by atoms with E-state index in [0.717, 1.165) is 5.70 Å². The first-order chi connectivity index (χ1) is 4.33. The molecule has 2 N–H and O–H groups in total. The van der Waals surface area contributed by atoms with Crippen LogP contribution in [0.15, 0.2) is 17.1 Å². The van der Waals surface area contributed by atoms with Crippen LogP contribution in [0.1, 0.15) is 6.92 Å². The van der Waals surface area contributed by atoms with E-state index in [2.05, 4.69) is 15.8 Å². The van der Waals surface area contributed by atoms with Crippen LogP contribution < -0.4 is 10.6 Å². The first kappa shape index (κ1) is 6.07. The summed E-state index contributed by atoms with van der Waals surface area (Å²) in [5.41, 5.74) is 0.950. The number of nitroso groups, excluding NO2 is 1. The molecular formula is C5H9N3O. The fraction of sp³-hybridized carbons (Fsp3) is 0.600. The lowest BCUT2D eigenvalue weighted by Gasteiger charge is -2.18. The van der Waals surface area contributed by atoms with Crippen LogP contribution in [0.2, 0.25) is 0 Å². The molecule has 9 heavy (non-hydrogen) atoms. The Balaban J connectivity index is 2.48. The van der Waals surface area contributed by atoms with Crippen LogP contribution in [-0.2, 0) is 0 Å². The van der Waals surface area contributed by atoms with Crippen molar-refractivity contribution in [1.82, 2.24) is 10.6 Å². The van der Waals surface area contributed by atoms with Crippen molar-refractivity contribution in [1.29, 1.82) is 0 Å². The van der Waals surface area contributed by atoms with Gasteiger partial charge >= 0.3 is 0 Å². The smallest absolute Gasteiger partial charge is 0.178 e. The van der Waals surface area contributed by atoms with Gasteiger partial charge in [0.2, 0.25) is 0 Å². The van der Waals surface area contributed by atoms with Crippen molar-refractivity contribution >= 4 is 0 Å². The molecule has 0 fully saturated rings. The summed E-state index contributed by atoms with van der Waals surface area (Å²) < 4.78 is 0. The minimum atomic E-state index is -0.296. The van der Waals surface area contributed by atoms with Crippen LogP contribution in [0.4, 0.5) is 0 Å². The minimum Gasteiger partial charge on any atom is -0.385 e. The van der Waals surface area contributed by atoms with E-state index in [4.69, 9.17) is 0 Å². The second kappa shape index (κ2) is 2.48. The summed E-state index contributed by atoms with van der Waals surface area (Å²) in [6.07, 6.45) is 1.52. The van der Waals surface area contributed by atoms with Crippen molar-refractivity contribution in [3.05, 3.63) is 16.8 Å². The second-order valence-electron chi connectivity index (χ2n) is 2.00. The van der Waals surface area contributed by atoms with Gasteiger partial charge in [-0.05, 0) is 12.1 Å². The summed E-state index contributed by atoms with van der Waals surface area (Å²) in [5, 5.41) is 8.64. The molecule has 1 heterocycles. The SMILES string of the molecule is CC1=CNCC(N=O)N1. The van der Waals surface area contributed by atoms with E-state index in [9.17, 15) is 4.91 Å². The zero-order valence-corrected chi connectivity index (χ0v) is 5.22. The van der Waals surface area contributed by atoms with E-state index in [1.807, 2.05) is 13.1 Å². The molecule has 0 aromatic heterocycles. The largest absolute Gasteiger partial charge is 0.385 e. The molecule has 0 radical (unpaired) electrons. The highest BCUT2D eigenvalue weighted by Crippen LogP contribution is 1.95. The summed E-state index contributed by atoms with van der Waals surface area (Å²) in [5.74, 6) is 0. The van der Waals surface area contributed by atoms with Crippen molar-refractivity contribution in [3.63, 3.8) is 0 Å². The topological polar surface area (TPSA) is 53.5 Å². The molecule has 1 aliphatic heterocycles. The maximum atomic E-state index is 9.93. The molecule has 0 amide bonds. The van der Waals surface area contributed by atoms with Gasteiger partial charge in [0.15, 0.2) is 6.17 Å². The van der Waals surface area contributed by atoms with Crippen LogP contribution in [0, 0.1) is 4.91 Å². The van der Waals surface area contributed by atoms with Crippen molar-refractivity contribution in [3.8, 4) is 0 Å². The fourth-order valence-electron chi connectivity index (χ4n) is 0.743. The van der Waals surface area contributed by atoms with Crippen LogP contribution >= 0.6 is 0 Å². The monoisotopic (exact) mass is 127 g/mol. The lowest BCUT2D eigenvalue weighted by Crippen LogP contribution is -2.38. The fourth-order valence-corrected chi connectivity index (χ4v) is 0.743. The standard InChI is InChI=1S/C5H9N3O/c1-4-2-6-3-5(7-4)8-9/h2,5-7H,3H2,1H3. The third-order valence-electron chi connectivity index (χ3n) is 1.15. The average molecular weight is 127 g/mol. The quantitative estimate of drug-likeness (QED) is 0.492. The summed E-state index contributed by atoms with van der Waals surface area (Å²) in [4.78, 5) is 9.93. The Hall–Kier alpha value is -1.06. The van der Waals surface area contributed by atoms with Gasteiger partial charge in [0.05, 0.1) is 6.54 Å². The van der Waals surface area contributed by atoms with Gasteiger partial charge in [-0.15, -0.1) is 4.91 Å². The molecule has 1 aliphatic rings. The molecular weight excluding hydrogens is 118 g/mol. The molecule has 0 spiro atoms. The number of nitrogens with zero attached hydrogens (tertiary/aromatic N) is 1. The molecule has 0 aliphatic carbocycles. The van der Waals surface area contributed by atoms with Crippen LogP contribution in [0.25, 0.3) is 0 Å². The van der Waals surface area contributed by atoms with E-state index < -0.39 is 0 Å². The third-order valence-corrected chi connectivity index (χ3v) is 1.15. The molecule has 0 aromatic rings. The highest BCUT2D eigenvalue weighted by atomic mass is 16.3. The van der Waals surface area contributed by atoms with Crippen molar-refractivity contribution in [2.45, 2.75) is 13.1 Å². The van der Waals surface area contributed by atoms with Gasteiger partial charge in [-0.25, -0.2) is 0 Å². The van der Waals surface area contributed by atoms with Gasteiger partial charge < -0.3 is 10.6 Å². The Bertz CT molecular complexity index is 143. The lowest BCUT2D eigenvalue weighted by atomic mass is 10.4. The van der Waals surface area contributed by atoms with Gasteiger partial charge in [-0.1, -0.05) is 0 Å². The second-order valence-corrected chi connectivity index (χ2v) is 2.00. The summed E-state index contributed by atoms with van der Waals surface area (Å²) in [6.45, 7) is 2.46. The molecule has 0 bridgehead atoms. The average Bonchev–Trinajstić information content (AvgIpc) is 1.88. The van der Waals surface area contributed by atoms with Crippen molar-refractivity contribution in [2.75, 3.05) is 6.54 Å². The Morgan fingerprint density at radius 3 is 3.11 bits per heavy atom. The predicted octanol–water partition coefficient (Wildman–Crippen LogP) is 0.133. The van der Waals surface area contributed by atoms with E-state index in [1.165, 1.54) is 0 Å². The maximum Gasteiger partial charge on any atom is 0.178 e. The summed E-state index contributed by atoms with van der Waals surface area (Å²) in [6, 6.07) is 0. The normalized spacial score (nSPS) is 25.4. The minimum absolute atomic E-state index is 0.296. The molecule has 1 atom stereocenters. The lowest BCUT2D eigenvalue weighted by molar-refractivity contribution is 0.530. The van der Waals surface area contributed by atoms with E-state index in [1.54, 1.807) is 0 Å². The highest BCUT2D eigenvalue weighted by molar-refractivity contribution is 5.00. The Morgan fingerprint density at radius 1 is 1.89 bits per heavy atom. The molecule has 0 saturated heterocycles. The first-order valence-electron chi connectivity index (χ1n) is 2.82. The van der Waals surface area contributed by atoms with Gasteiger partial charge in [0, 0.05) is 11.9 Å². The molecule has 4 heteroatoms.